The fraction of sp³-hybridized carbons (Fsp3) is 0.250. The molecule has 40 heavy (non-hydrogen) atoms. The molecule has 16 heteroatoms. The number of thioether (sulfide) groups is 1. The Hall–Kier alpha value is -3.62. The molecule has 4 N–H and O–H groups in total. The van der Waals surface area contributed by atoms with Gasteiger partial charge >= 0.3 is 19.9 Å². The molecule has 3 amide bonds. The standard InChI is InChI=1S/C24H25F2N4O8PS/c1-30(23(32)28-12-17-7-4-8-19(25)22(17)26)21(10-18(31)13-38-39(34,35)36)40-14-37-24(33)29-20-9-15-5-2-3-6-16(15)11-27-20/h2-9,11,21H,10,12-14H2,1H3,(H,28,32)(H,27,29,33)(H2,34,35,36)/t21-/m1/s1. The van der Waals surface area contributed by atoms with Gasteiger partial charge in [0.05, 0.1) is 5.37 Å². The molecule has 3 aromatic rings. The van der Waals surface area contributed by atoms with Crippen molar-refractivity contribution < 1.29 is 46.8 Å². The van der Waals surface area contributed by atoms with Crippen LogP contribution < -0.4 is 10.6 Å². The second kappa shape index (κ2) is 14.1. The van der Waals surface area contributed by atoms with Crippen LogP contribution in [0, 0.1) is 11.6 Å². The van der Waals surface area contributed by atoms with Crippen LogP contribution in [0.1, 0.15) is 12.0 Å². The van der Waals surface area contributed by atoms with Crippen LogP contribution in [-0.4, -0.2) is 62.5 Å². The number of pyridine rings is 1. The van der Waals surface area contributed by atoms with E-state index in [2.05, 4.69) is 20.1 Å². The Labute approximate surface area is 231 Å². The first kappa shape index (κ1) is 30.9. The zero-order chi connectivity index (χ0) is 29.3. The van der Waals surface area contributed by atoms with E-state index >= 15 is 0 Å². The highest BCUT2D eigenvalue weighted by molar-refractivity contribution is 7.99. The number of ketones is 1. The molecule has 214 valence electrons. The molecule has 1 atom stereocenters. The first-order chi connectivity index (χ1) is 18.9. The van der Waals surface area contributed by atoms with E-state index in [1.807, 2.05) is 24.3 Å². The fourth-order valence-electron chi connectivity index (χ4n) is 3.29. The number of fused-ring (bicyclic) bond motifs is 1. The number of halogens is 2. The number of anilines is 1. The normalized spacial score (nSPS) is 12.0. The summed E-state index contributed by atoms with van der Waals surface area (Å²) in [6, 6.07) is 11.7. The van der Waals surface area contributed by atoms with E-state index in [-0.39, 0.29) is 23.9 Å². The van der Waals surface area contributed by atoms with Crippen molar-refractivity contribution in [3.63, 3.8) is 0 Å². The number of ether oxygens (including phenoxy) is 1. The van der Waals surface area contributed by atoms with Gasteiger partial charge in [-0.1, -0.05) is 48.2 Å². The average molecular weight is 599 g/mol. The Morgan fingerprint density at radius 1 is 1.12 bits per heavy atom. The van der Waals surface area contributed by atoms with Crippen molar-refractivity contribution in [3.8, 4) is 0 Å². The number of nitrogens with one attached hydrogen (secondary N) is 2. The number of aromatic nitrogens is 1. The molecule has 0 aliphatic rings. The quantitative estimate of drug-likeness (QED) is 0.177. The SMILES string of the molecule is CN(C(=O)NCc1cccc(F)c1F)[C@@H](CC(=O)COP(=O)(O)O)SCOC(=O)Nc1cc2ccccc2cn1. The molecule has 0 aliphatic heterocycles. The minimum absolute atomic E-state index is 0.112. The number of phosphoric acid groups is 1. The zero-order valence-corrected chi connectivity index (χ0v) is 22.7. The third-order valence-corrected chi connectivity index (χ3v) is 6.91. The monoisotopic (exact) mass is 598 g/mol. The number of amides is 3. The van der Waals surface area contributed by atoms with Gasteiger partial charge in [0.2, 0.25) is 0 Å². The summed E-state index contributed by atoms with van der Waals surface area (Å²) in [5, 5.41) is 5.57. The summed E-state index contributed by atoms with van der Waals surface area (Å²) in [7, 11) is -3.62. The number of nitrogens with zero attached hydrogens (tertiary/aromatic N) is 2. The lowest BCUT2D eigenvalue weighted by atomic mass is 10.2. The van der Waals surface area contributed by atoms with Gasteiger partial charge in [0.15, 0.2) is 17.4 Å². The molecule has 1 aromatic heterocycles. The molecule has 0 bridgehead atoms. The van der Waals surface area contributed by atoms with Gasteiger partial charge in [0.1, 0.15) is 18.4 Å². The Morgan fingerprint density at radius 2 is 1.85 bits per heavy atom. The maximum atomic E-state index is 13.9. The lowest BCUT2D eigenvalue weighted by Crippen LogP contribution is -2.43. The predicted molar refractivity (Wildman–Crippen MR) is 142 cm³/mol. The highest BCUT2D eigenvalue weighted by Crippen LogP contribution is 2.35. The van der Waals surface area contributed by atoms with E-state index in [1.165, 1.54) is 19.2 Å². The first-order valence-electron chi connectivity index (χ1n) is 11.5. The minimum atomic E-state index is -4.91. The van der Waals surface area contributed by atoms with Gasteiger partial charge in [-0.05, 0) is 17.5 Å². The van der Waals surface area contributed by atoms with Crippen molar-refractivity contribution in [3.05, 3.63) is 71.9 Å². The second-order valence-electron chi connectivity index (χ2n) is 8.20. The Kier molecular flexibility index (Phi) is 10.9. The minimum Gasteiger partial charge on any atom is -0.438 e. The van der Waals surface area contributed by atoms with Crippen LogP contribution in [-0.2, 0) is 25.2 Å². The smallest absolute Gasteiger partial charge is 0.438 e. The molecule has 3 rings (SSSR count). The van der Waals surface area contributed by atoms with E-state index in [9.17, 15) is 27.7 Å². The van der Waals surface area contributed by atoms with Crippen molar-refractivity contribution in [2.75, 3.05) is 24.9 Å². The van der Waals surface area contributed by atoms with Crippen LogP contribution in [0.5, 0.6) is 0 Å². The summed E-state index contributed by atoms with van der Waals surface area (Å²) in [6.07, 6.45) is 0.267. The number of rotatable bonds is 12. The Balaban J connectivity index is 1.59. The molecule has 0 radical (unpaired) electrons. The van der Waals surface area contributed by atoms with Crippen LogP contribution in [0.25, 0.3) is 10.8 Å². The van der Waals surface area contributed by atoms with E-state index < -0.39 is 55.8 Å². The van der Waals surface area contributed by atoms with E-state index in [0.29, 0.717) is 0 Å². The summed E-state index contributed by atoms with van der Waals surface area (Å²) in [6.45, 7) is -1.29. The molecule has 12 nitrogen and oxygen atoms in total. The highest BCUT2D eigenvalue weighted by Gasteiger charge is 2.26. The second-order valence-corrected chi connectivity index (χ2v) is 10.6. The molecule has 0 unspecified atom stereocenters. The van der Waals surface area contributed by atoms with E-state index in [0.717, 1.165) is 33.5 Å². The van der Waals surface area contributed by atoms with E-state index in [4.69, 9.17) is 14.5 Å². The summed E-state index contributed by atoms with van der Waals surface area (Å²) in [5.74, 6) is -3.08. The number of urea groups is 1. The van der Waals surface area contributed by atoms with Gasteiger partial charge in [-0.2, -0.15) is 0 Å². The van der Waals surface area contributed by atoms with Crippen molar-refractivity contribution in [1.29, 1.82) is 0 Å². The zero-order valence-electron chi connectivity index (χ0n) is 21.0. The predicted octanol–water partition coefficient (Wildman–Crippen LogP) is 3.99. The number of hydrogen-bond acceptors (Lipinski definition) is 8. The first-order valence-corrected chi connectivity index (χ1v) is 14.1. The summed E-state index contributed by atoms with van der Waals surface area (Å²) < 4.78 is 47.6. The molecule has 0 fully saturated rings. The van der Waals surface area contributed by atoms with Gasteiger partial charge in [0.25, 0.3) is 0 Å². The van der Waals surface area contributed by atoms with Gasteiger partial charge < -0.3 is 24.7 Å². The van der Waals surface area contributed by atoms with Crippen molar-refractivity contribution in [2.45, 2.75) is 18.3 Å². The van der Waals surface area contributed by atoms with Crippen LogP contribution >= 0.6 is 19.6 Å². The van der Waals surface area contributed by atoms with Gasteiger partial charge in [-0.25, -0.2) is 27.9 Å². The maximum absolute atomic E-state index is 13.9. The number of benzene rings is 2. The summed E-state index contributed by atoms with van der Waals surface area (Å²) >= 11 is 0.845. The number of carbonyl (C=O) groups is 3. The fourth-order valence-corrected chi connectivity index (χ4v) is 4.55. The number of Topliss-reactive ketones (excluding diaryl/α,β-unsaturated/α-hetero) is 1. The molecule has 0 saturated heterocycles. The summed E-state index contributed by atoms with van der Waals surface area (Å²) in [4.78, 5) is 60.1. The number of hydrogen-bond donors (Lipinski definition) is 4. The molecule has 2 aromatic carbocycles. The van der Waals surface area contributed by atoms with Gasteiger partial charge in [-0.15, -0.1) is 0 Å². The lowest BCUT2D eigenvalue weighted by molar-refractivity contribution is -0.121. The molecular weight excluding hydrogens is 573 g/mol. The topological polar surface area (TPSA) is 167 Å². The van der Waals surface area contributed by atoms with E-state index in [1.54, 1.807) is 12.3 Å². The molecular formula is C24H25F2N4O8PS. The average Bonchev–Trinajstić information content (AvgIpc) is 2.91. The van der Waals surface area contributed by atoms with Crippen LogP contribution in [0.2, 0.25) is 0 Å². The lowest BCUT2D eigenvalue weighted by Gasteiger charge is -2.27. The molecule has 0 aliphatic carbocycles. The van der Waals surface area contributed by atoms with Crippen molar-refractivity contribution >= 4 is 54.1 Å². The molecule has 1 heterocycles. The Morgan fingerprint density at radius 3 is 2.58 bits per heavy atom. The van der Waals surface area contributed by atoms with Crippen LogP contribution in [0.4, 0.5) is 24.2 Å². The summed E-state index contributed by atoms with van der Waals surface area (Å²) in [5.41, 5.74) is -0.112. The number of phosphoric ester groups is 1. The van der Waals surface area contributed by atoms with Crippen molar-refractivity contribution in [2.24, 2.45) is 0 Å². The maximum Gasteiger partial charge on any atom is 0.470 e. The third kappa shape index (κ3) is 9.54. The highest BCUT2D eigenvalue weighted by atomic mass is 32.2. The van der Waals surface area contributed by atoms with Crippen LogP contribution in [0.15, 0.2) is 54.7 Å². The van der Waals surface area contributed by atoms with Gasteiger partial charge in [-0.3, -0.25) is 14.6 Å². The van der Waals surface area contributed by atoms with Crippen molar-refractivity contribution in [1.82, 2.24) is 15.2 Å². The Bertz CT molecular complexity index is 1430. The van der Waals surface area contributed by atoms with Gasteiger partial charge in [0, 0.05) is 37.2 Å². The largest absolute Gasteiger partial charge is 0.470 e. The van der Waals surface area contributed by atoms with Crippen LogP contribution in [0.3, 0.4) is 0 Å². The third-order valence-electron chi connectivity index (χ3n) is 5.32. The molecule has 0 spiro atoms. The molecule has 0 saturated carbocycles. The number of carbonyl (C=O) groups excluding carboxylic acids is 3.